The zero-order valence-corrected chi connectivity index (χ0v) is 14.8. The van der Waals surface area contributed by atoms with Gasteiger partial charge in [-0.3, -0.25) is 9.78 Å². The summed E-state index contributed by atoms with van der Waals surface area (Å²) in [6, 6.07) is 7.37. The van der Waals surface area contributed by atoms with Crippen LogP contribution in [-0.2, 0) is 0 Å². The number of nitrogens with one attached hydrogen (secondary N) is 1. The van der Waals surface area contributed by atoms with Gasteiger partial charge in [-0.1, -0.05) is 31.5 Å². The summed E-state index contributed by atoms with van der Waals surface area (Å²) in [5.74, 6) is 0.365. The smallest absolute Gasteiger partial charge is 0.273 e. The summed E-state index contributed by atoms with van der Waals surface area (Å²) in [5.41, 5.74) is 8.87. The number of anilines is 1. The van der Waals surface area contributed by atoms with Gasteiger partial charge in [0.05, 0.1) is 12.8 Å². The highest BCUT2D eigenvalue weighted by molar-refractivity contribution is 6.07. The minimum absolute atomic E-state index is 0.143. The van der Waals surface area contributed by atoms with E-state index in [4.69, 9.17) is 10.5 Å². The number of hydrogen-bond donors (Lipinski definition) is 2. The Morgan fingerprint density at radius 2 is 2.08 bits per heavy atom. The summed E-state index contributed by atoms with van der Waals surface area (Å²) < 4.78 is 5.41. The van der Waals surface area contributed by atoms with Crippen molar-refractivity contribution in [2.45, 2.75) is 19.8 Å². The molecule has 2 heterocycles. The summed E-state index contributed by atoms with van der Waals surface area (Å²) in [4.78, 5) is 16.5. The monoisotopic (exact) mass is 351 g/mol. The van der Waals surface area contributed by atoms with Gasteiger partial charge in [-0.05, 0) is 12.5 Å². The molecular weight excluding hydrogens is 330 g/mol. The van der Waals surface area contributed by atoms with E-state index in [1.807, 2.05) is 18.2 Å². The predicted octanol–water partition coefficient (Wildman–Crippen LogP) is 2.81. The number of hydrogen-bond acceptors (Lipinski definition) is 6. The number of methoxy groups -OCH3 is 1. The summed E-state index contributed by atoms with van der Waals surface area (Å²) in [7, 11) is 1.60. The molecule has 0 aliphatic carbocycles. The highest BCUT2D eigenvalue weighted by atomic mass is 16.5. The standard InChI is InChI=1S/C19H21N5O2/c1-3-4-9-22-19(25)18-16(20)13-7-5-6-12(17(13)23-24-18)14-11-21-10-8-15(14)26-2/h5-8,10-11H,3-4,9H2,1-2H3,(H2,20,23)(H,22,25). The number of nitrogens with two attached hydrogens (primary N) is 1. The number of nitrogen functional groups attached to an aromatic ring is 1. The van der Waals surface area contributed by atoms with Gasteiger partial charge in [-0.25, -0.2) is 0 Å². The lowest BCUT2D eigenvalue weighted by Crippen LogP contribution is -2.26. The van der Waals surface area contributed by atoms with Crippen LogP contribution in [0.1, 0.15) is 30.3 Å². The second kappa shape index (κ2) is 7.77. The molecule has 3 aromatic rings. The van der Waals surface area contributed by atoms with Crippen molar-refractivity contribution in [2.24, 2.45) is 0 Å². The van der Waals surface area contributed by atoms with Crippen LogP contribution in [0.15, 0.2) is 36.7 Å². The van der Waals surface area contributed by atoms with Crippen molar-refractivity contribution in [3.63, 3.8) is 0 Å². The summed E-state index contributed by atoms with van der Waals surface area (Å²) in [5, 5.41) is 11.8. The molecule has 26 heavy (non-hydrogen) atoms. The van der Waals surface area contributed by atoms with Gasteiger partial charge in [-0.2, -0.15) is 0 Å². The largest absolute Gasteiger partial charge is 0.496 e. The molecular formula is C19H21N5O2. The highest BCUT2D eigenvalue weighted by Crippen LogP contribution is 2.35. The van der Waals surface area contributed by atoms with E-state index in [1.165, 1.54) is 0 Å². The molecule has 3 N–H and O–H groups in total. The maximum Gasteiger partial charge on any atom is 0.273 e. The SMILES string of the molecule is CCCCNC(=O)c1nnc2c(-c3cnccc3OC)cccc2c1N. The van der Waals surface area contributed by atoms with Crippen LogP contribution in [0.25, 0.3) is 22.0 Å². The lowest BCUT2D eigenvalue weighted by molar-refractivity contribution is 0.0948. The number of amides is 1. The van der Waals surface area contributed by atoms with E-state index in [-0.39, 0.29) is 11.6 Å². The van der Waals surface area contributed by atoms with Gasteiger partial charge < -0.3 is 15.8 Å². The van der Waals surface area contributed by atoms with Crippen LogP contribution in [0.3, 0.4) is 0 Å². The Kier molecular flexibility index (Phi) is 5.26. The first kappa shape index (κ1) is 17.6. The molecule has 3 rings (SSSR count). The normalized spacial score (nSPS) is 10.7. The molecule has 0 bridgehead atoms. The number of rotatable bonds is 6. The zero-order valence-electron chi connectivity index (χ0n) is 14.8. The summed E-state index contributed by atoms with van der Waals surface area (Å²) in [6.45, 7) is 2.64. The fourth-order valence-corrected chi connectivity index (χ4v) is 2.76. The lowest BCUT2D eigenvalue weighted by Gasteiger charge is -2.12. The molecule has 1 aromatic carbocycles. The van der Waals surface area contributed by atoms with Gasteiger partial charge in [0.2, 0.25) is 0 Å². The molecule has 7 heteroatoms. The number of carbonyl (C=O) groups is 1. The molecule has 2 aromatic heterocycles. The van der Waals surface area contributed by atoms with E-state index < -0.39 is 0 Å². The minimum atomic E-state index is -0.310. The number of ether oxygens (including phenoxy) is 1. The van der Waals surface area contributed by atoms with Crippen LogP contribution >= 0.6 is 0 Å². The molecule has 134 valence electrons. The molecule has 1 amide bonds. The number of pyridine rings is 1. The highest BCUT2D eigenvalue weighted by Gasteiger charge is 2.18. The topological polar surface area (TPSA) is 103 Å². The fourth-order valence-electron chi connectivity index (χ4n) is 2.76. The van der Waals surface area contributed by atoms with Crippen LogP contribution in [0, 0.1) is 0 Å². The first-order valence-electron chi connectivity index (χ1n) is 8.48. The van der Waals surface area contributed by atoms with Gasteiger partial charge in [0.25, 0.3) is 5.91 Å². The van der Waals surface area contributed by atoms with Gasteiger partial charge in [-0.15, -0.1) is 10.2 Å². The van der Waals surface area contributed by atoms with E-state index in [0.717, 1.165) is 24.0 Å². The van der Waals surface area contributed by atoms with Crippen LogP contribution in [0.2, 0.25) is 0 Å². The number of unbranched alkanes of at least 4 members (excludes halogenated alkanes) is 1. The van der Waals surface area contributed by atoms with Crippen LogP contribution in [0.5, 0.6) is 5.75 Å². The Morgan fingerprint density at radius 3 is 2.85 bits per heavy atom. The maximum atomic E-state index is 12.3. The zero-order chi connectivity index (χ0) is 18.5. The minimum Gasteiger partial charge on any atom is -0.496 e. The predicted molar refractivity (Wildman–Crippen MR) is 101 cm³/mol. The number of aromatic nitrogens is 3. The number of fused-ring (bicyclic) bond motifs is 1. The lowest BCUT2D eigenvalue weighted by atomic mass is 10.0. The van der Waals surface area contributed by atoms with E-state index in [0.29, 0.717) is 28.9 Å². The molecule has 0 saturated carbocycles. The van der Waals surface area contributed by atoms with Gasteiger partial charge >= 0.3 is 0 Å². The molecule has 7 nitrogen and oxygen atoms in total. The van der Waals surface area contributed by atoms with E-state index in [1.54, 1.807) is 25.6 Å². The Bertz CT molecular complexity index is 942. The van der Waals surface area contributed by atoms with Crippen LogP contribution in [0.4, 0.5) is 5.69 Å². The molecule has 0 aliphatic rings. The average Bonchev–Trinajstić information content (AvgIpc) is 2.68. The Balaban J connectivity index is 2.07. The van der Waals surface area contributed by atoms with Gasteiger partial charge in [0.15, 0.2) is 5.69 Å². The van der Waals surface area contributed by atoms with Crippen molar-refractivity contribution in [1.82, 2.24) is 20.5 Å². The van der Waals surface area contributed by atoms with Gasteiger partial charge in [0.1, 0.15) is 11.3 Å². The van der Waals surface area contributed by atoms with Crippen LogP contribution < -0.4 is 15.8 Å². The molecule has 0 fully saturated rings. The van der Waals surface area contributed by atoms with Crippen molar-refractivity contribution in [2.75, 3.05) is 19.4 Å². The molecule has 0 unspecified atom stereocenters. The molecule has 0 atom stereocenters. The second-order valence-electron chi connectivity index (χ2n) is 5.85. The quantitative estimate of drug-likeness (QED) is 0.662. The number of benzene rings is 1. The van der Waals surface area contributed by atoms with Crippen molar-refractivity contribution in [3.05, 3.63) is 42.4 Å². The number of carbonyl (C=O) groups excluding carboxylic acids is 1. The molecule has 0 aliphatic heterocycles. The number of nitrogens with zero attached hydrogens (tertiary/aromatic N) is 3. The Hall–Kier alpha value is -3.22. The Labute approximate surface area is 151 Å². The molecule has 0 saturated heterocycles. The third-order valence-corrected chi connectivity index (χ3v) is 4.15. The molecule has 0 spiro atoms. The van der Waals surface area contributed by atoms with E-state index >= 15 is 0 Å². The fraction of sp³-hybridized carbons (Fsp3) is 0.263. The van der Waals surface area contributed by atoms with Crippen molar-refractivity contribution >= 4 is 22.5 Å². The maximum absolute atomic E-state index is 12.3. The van der Waals surface area contributed by atoms with Crippen molar-refractivity contribution in [1.29, 1.82) is 0 Å². The van der Waals surface area contributed by atoms with E-state index in [2.05, 4.69) is 27.4 Å². The third-order valence-electron chi connectivity index (χ3n) is 4.15. The van der Waals surface area contributed by atoms with Crippen LogP contribution in [-0.4, -0.2) is 34.7 Å². The average molecular weight is 351 g/mol. The Morgan fingerprint density at radius 1 is 1.23 bits per heavy atom. The summed E-state index contributed by atoms with van der Waals surface area (Å²) >= 11 is 0. The van der Waals surface area contributed by atoms with Crippen molar-refractivity contribution < 1.29 is 9.53 Å². The first-order valence-corrected chi connectivity index (χ1v) is 8.48. The van der Waals surface area contributed by atoms with Crippen molar-refractivity contribution in [3.8, 4) is 16.9 Å². The summed E-state index contributed by atoms with van der Waals surface area (Å²) in [6.07, 6.45) is 5.26. The molecule has 0 radical (unpaired) electrons. The van der Waals surface area contributed by atoms with E-state index in [9.17, 15) is 4.79 Å². The third kappa shape index (κ3) is 3.28. The first-order chi connectivity index (χ1) is 12.7. The van der Waals surface area contributed by atoms with Gasteiger partial charge in [0, 0.05) is 35.5 Å². The second-order valence-corrected chi connectivity index (χ2v) is 5.85.